The molecular weight excluding hydrogens is 344 g/mol. The molecule has 2 bridgehead atoms. The van der Waals surface area contributed by atoms with Crippen LogP contribution in [0.2, 0.25) is 0 Å². The highest BCUT2D eigenvalue weighted by atomic mass is 32.2. The zero-order valence-electron chi connectivity index (χ0n) is 15.0. The number of nitrogens with one attached hydrogen (secondary N) is 1. The van der Waals surface area contributed by atoms with E-state index in [9.17, 15) is 0 Å². The van der Waals surface area contributed by atoms with Crippen molar-refractivity contribution < 1.29 is 4.74 Å². The van der Waals surface area contributed by atoms with Crippen molar-refractivity contribution in [3.05, 3.63) is 36.2 Å². The van der Waals surface area contributed by atoms with Crippen LogP contribution in [0.5, 0.6) is 0 Å². The summed E-state index contributed by atoms with van der Waals surface area (Å²) in [5.74, 6) is 3.09. The molecule has 26 heavy (non-hydrogen) atoms. The van der Waals surface area contributed by atoms with E-state index in [0.29, 0.717) is 11.8 Å². The molecule has 0 radical (unpaired) electrons. The first-order valence-corrected chi connectivity index (χ1v) is 10.3. The Morgan fingerprint density at radius 3 is 2.81 bits per heavy atom. The highest BCUT2D eigenvalue weighted by Gasteiger charge is 2.38. The van der Waals surface area contributed by atoms with Crippen LogP contribution in [0.15, 0.2) is 40.5 Å². The lowest BCUT2D eigenvalue weighted by Crippen LogP contribution is -2.51. The standard InChI is InChI=1S/C20H24N4OS/c1-2-16-14-9-24(10-15(16)12-25-11-14)8-13-3-4-18-17(7-13)23-19-20(26-18)22-6-5-21-19/h3-7,14-16H,2,8-12H2,1H3,(H,21,23). The second-order valence-corrected chi connectivity index (χ2v) is 8.62. The van der Waals surface area contributed by atoms with Crippen LogP contribution in [0.25, 0.3) is 0 Å². The second kappa shape index (κ2) is 6.83. The number of rotatable bonds is 3. The van der Waals surface area contributed by atoms with Crippen molar-refractivity contribution in [1.29, 1.82) is 0 Å². The molecule has 0 spiro atoms. The maximum absolute atomic E-state index is 5.82. The van der Waals surface area contributed by atoms with E-state index in [1.165, 1.54) is 16.9 Å². The lowest BCUT2D eigenvalue weighted by atomic mass is 9.75. The van der Waals surface area contributed by atoms with Crippen LogP contribution >= 0.6 is 11.8 Å². The summed E-state index contributed by atoms with van der Waals surface area (Å²) in [6, 6.07) is 6.74. The maximum atomic E-state index is 5.82. The van der Waals surface area contributed by atoms with Gasteiger partial charge in [-0.25, -0.2) is 9.97 Å². The van der Waals surface area contributed by atoms with Crippen molar-refractivity contribution in [3.63, 3.8) is 0 Å². The third-order valence-electron chi connectivity index (χ3n) is 5.91. The number of nitrogens with zero attached hydrogens (tertiary/aromatic N) is 3. The Morgan fingerprint density at radius 1 is 1.19 bits per heavy atom. The fourth-order valence-corrected chi connectivity index (χ4v) is 5.63. The summed E-state index contributed by atoms with van der Waals surface area (Å²) in [4.78, 5) is 12.6. The van der Waals surface area contributed by atoms with E-state index >= 15 is 0 Å². The minimum absolute atomic E-state index is 0.695. The van der Waals surface area contributed by atoms with Crippen molar-refractivity contribution in [1.82, 2.24) is 14.9 Å². The van der Waals surface area contributed by atoms with Crippen molar-refractivity contribution >= 4 is 23.3 Å². The van der Waals surface area contributed by atoms with Gasteiger partial charge in [-0.15, -0.1) is 0 Å². The fourth-order valence-electron chi connectivity index (χ4n) is 4.75. The topological polar surface area (TPSA) is 50.3 Å². The van der Waals surface area contributed by atoms with Crippen LogP contribution in [0.1, 0.15) is 18.9 Å². The molecule has 136 valence electrons. The third kappa shape index (κ3) is 3.00. The van der Waals surface area contributed by atoms with Gasteiger partial charge in [0.2, 0.25) is 0 Å². The first-order chi connectivity index (χ1) is 12.8. The molecule has 0 aliphatic carbocycles. The van der Waals surface area contributed by atoms with Gasteiger partial charge < -0.3 is 10.1 Å². The summed E-state index contributed by atoms with van der Waals surface area (Å²) in [7, 11) is 0. The van der Waals surface area contributed by atoms with Gasteiger partial charge in [-0.2, -0.15) is 0 Å². The zero-order valence-corrected chi connectivity index (χ0v) is 15.8. The number of piperidine rings is 1. The third-order valence-corrected chi connectivity index (χ3v) is 6.97. The molecule has 1 N–H and O–H groups in total. The fraction of sp³-hybridized carbons (Fsp3) is 0.500. The predicted molar refractivity (Wildman–Crippen MR) is 103 cm³/mol. The van der Waals surface area contributed by atoms with Gasteiger partial charge in [0.25, 0.3) is 0 Å². The number of fused-ring (bicyclic) bond motifs is 4. The second-order valence-electron chi connectivity index (χ2n) is 7.59. The molecular formula is C20H24N4OS. The van der Waals surface area contributed by atoms with Gasteiger partial charge in [0.05, 0.1) is 18.9 Å². The molecule has 0 saturated carbocycles. The number of likely N-dealkylation sites (tertiary alicyclic amines) is 1. The Bertz CT molecular complexity index is 800. The molecule has 2 fully saturated rings. The predicted octanol–water partition coefficient (Wildman–Crippen LogP) is 3.79. The summed E-state index contributed by atoms with van der Waals surface area (Å²) in [5, 5.41) is 4.39. The molecule has 1 aromatic carbocycles. The van der Waals surface area contributed by atoms with E-state index in [0.717, 1.165) is 55.3 Å². The van der Waals surface area contributed by atoms with Crippen LogP contribution in [-0.4, -0.2) is 41.2 Å². The molecule has 2 atom stereocenters. The smallest absolute Gasteiger partial charge is 0.163 e. The number of hydrogen-bond acceptors (Lipinski definition) is 6. The molecule has 3 aliphatic heterocycles. The summed E-state index contributed by atoms with van der Waals surface area (Å²) < 4.78 is 5.82. The van der Waals surface area contributed by atoms with Crippen LogP contribution in [0.3, 0.4) is 0 Å². The van der Waals surface area contributed by atoms with Crippen LogP contribution in [0, 0.1) is 17.8 Å². The molecule has 2 unspecified atom stereocenters. The Labute approximate surface area is 158 Å². The van der Waals surface area contributed by atoms with E-state index in [2.05, 4.69) is 45.3 Å². The van der Waals surface area contributed by atoms with Gasteiger partial charge in [0, 0.05) is 36.9 Å². The minimum Gasteiger partial charge on any atom is -0.381 e. The van der Waals surface area contributed by atoms with E-state index in [1.807, 2.05) is 0 Å². The van der Waals surface area contributed by atoms with E-state index in [4.69, 9.17) is 4.74 Å². The summed E-state index contributed by atoms with van der Waals surface area (Å²) in [5.41, 5.74) is 2.51. The van der Waals surface area contributed by atoms with Gasteiger partial charge in [-0.1, -0.05) is 31.2 Å². The molecule has 4 heterocycles. The van der Waals surface area contributed by atoms with Crippen LogP contribution in [0.4, 0.5) is 11.5 Å². The Hall–Kier alpha value is -1.63. The molecule has 5 nitrogen and oxygen atoms in total. The quantitative estimate of drug-likeness (QED) is 0.759. The molecule has 3 aliphatic rings. The number of hydrogen-bond donors (Lipinski definition) is 1. The van der Waals surface area contributed by atoms with Crippen molar-refractivity contribution in [2.45, 2.75) is 29.8 Å². The minimum atomic E-state index is 0.695. The number of benzene rings is 1. The Balaban J connectivity index is 1.32. The Morgan fingerprint density at radius 2 is 2.00 bits per heavy atom. The molecule has 5 rings (SSSR count). The Kier molecular flexibility index (Phi) is 4.35. The first-order valence-electron chi connectivity index (χ1n) is 9.49. The maximum Gasteiger partial charge on any atom is 0.163 e. The van der Waals surface area contributed by atoms with Crippen LogP contribution < -0.4 is 5.32 Å². The van der Waals surface area contributed by atoms with Gasteiger partial charge in [-0.05, 0) is 35.4 Å². The van der Waals surface area contributed by atoms with E-state index in [1.54, 1.807) is 24.2 Å². The molecule has 2 saturated heterocycles. The van der Waals surface area contributed by atoms with Gasteiger partial charge >= 0.3 is 0 Å². The monoisotopic (exact) mass is 368 g/mol. The number of aromatic nitrogens is 2. The number of anilines is 2. The van der Waals surface area contributed by atoms with Crippen LogP contribution in [-0.2, 0) is 11.3 Å². The summed E-state index contributed by atoms with van der Waals surface area (Å²) in [6.45, 7) is 7.52. The highest BCUT2D eigenvalue weighted by Crippen LogP contribution is 2.42. The molecule has 2 aromatic rings. The van der Waals surface area contributed by atoms with Gasteiger partial charge in [-0.3, -0.25) is 4.90 Å². The lowest BCUT2D eigenvalue weighted by molar-refractivity contribution is -0.0859. The van der Waals surface area contributed by atoms with Crippen molar-refractivity contribution in [2.75, 3.05) is 31.6 Å². The van der Waals surface area contributed by atoms with Crippen molar-refractivity contribution in [2.24, 2.45) is 17.8 Å². The van der Waals surface area contributed by atoms with Gasteiger partial charge in [0.15, 0.2) is 5.82 Å². The normalized spacial score (nSPS) is 27.3. The average molecular weight is 369 g/mol. The first kappa shape index (κ1) is 16.5. The average Bonchev–Trinajstić information content (AvgIpc) is 2.65. The van der Waals surface area contributed by atoms with E-state index in [-0.39, 0.29) is 0 Å². The zero-order chi connectivity index (χ0) is 17.5. The summed E-state index contributed by atoms with van der Waals surface area (Å²) >= 11 is 1.69. The SMILES string of the molecule is CCC1C2COCC1CN(Cc1ccc3c(c1)Nc1nccnc1S3)C2. The van der Waals surface area contributed by atoms with Gasteiger partial charge in [0.1, 0.15) is 5.03 Å². The molecule has 6 heteroatoms. The largest absolute Gasteiger partial charge is 0.381 e. The van der Waals surface area contributed by atoms with Crippen molar-refractivity contribution in [3.8, 4) is 0 Å². The summed E-state index contributed by atoms with van der Waals surface area (Å²) in [6.07, 6.45) is 4.76. The molecule has 0 amide bonds. The highest BCUT2D eigenvalue weighted by molar-refractivity contribution is 7.99. The molecule has 1 aromatic heterocycles. The van der Waals surface area contributed by atoms with E-state index < -0.39 is 0 Å². The lowest BCUT2D eigenvalue weighted by Gasteiger charge is -2.47. The number of ether oxygens (including phenoxy) is 1.